The van der Waals surface area contributed by atoms with Gasteiger partial charge in [0.2, 0.25) is 0 Å². The number of esters is 1. The highest BCUT2D eigenvalue weighted by Gasteiger charge is 2.12. The second-order valence-electron chi connectivity index (χ2n) is 5.07. The van der Waals surface area contributed by atoms with E-state index in [-0.39, 0.29) is 19.2 Å². The number of rotatable bonds is 5. The number of hydrogen-bond donors (Lipinski definition) is 0. The van der Waals surface area contributed by atoms with Crippen LogP contribution in [0.25, 0.3) is 11.3 Å². The van der Waals surface area contributed by atoms with E-state index in [1.165, 1.54) is 5.56 Å². The second kappa shape index (κ2) is 9.02. The van der Waals surface area contributed by atoms with Crippen molar-refractivity contribution in [3.8, 4) is 23.6 Å². The SMILES string of the molecule is C#C[C@H](C)OC(=O)c1cccc(-c2ccc(CCC)cc2)n1.S. The molecule has 0 saturated heterocycles. The highest BCUT2D eigenvalue weighted by molar-refractivity contribution is 7.59. The summed E-state index contributed by atoms with van der Waals surface area (Å²) in [6, 6.07) is 13.5. The van der Waals surface area contributed by atoms with Gasteiger partial charge in [0.15, 0.2) is 6.10 Å². The fraction of sp³-hybridized carbons (Fsp3) is 0.263. The highest BCUT2D eigenvalue weighted by atomic mass is 32.1. The molecule has 0 fully saturated rings. The van der Waals surface area contributed by atoms with E-state index in [9.17, 15) is 4.79 Å². The van der Waals surface area contributed by atoms with E-state index in [0.29, 0.717) is 0 Å². The van der Waals surface area contributed by atoms with Gasteiger partial charge in [-0.1, -0.05) is 49.6 Å². The zero-order valence-electron chi connectivity index (χ0n) is 13.4. The Morgan fingerprint density at radius 3 is 2.57 bits per heavy atom. The lowest BCUT2D eigenvalue weighted by molar-refractivity contribution is 0.0432. The maximum absolute atomic E-state index is 12.0. The maximum Gasteiger partial charge on any atom is 0.358 e. The number of nitrogens with zero attached hydrogens (tertiary/aromatic N) is 1. The Labute approximate surface area is 144 Å². The molecule has 1 aromatic carbocycles. The summed E-state index contributed by atoms with van der Waals surface area (Å²) in [7, 11) is 0. The van der Waals surface area contributed by atoms with E-state index >= 15 is 0 Å². The van der Waals surface area contributed by atoms with Gasteiger partial charge in [0.05, 0.1) is 5.69 Å². The molecule has 0 spiro atoms. The molecule has 1 heterocycles. The van der Waals surface area contributed by atoms with Crippen LogP contribution in [-0.2, 0) is 11.2 Å². The lowest BCUT2D eigenvalue weighted by atomic mass is 10.1. The highest BCUT2D eigenvalue weighted by Crippen LogP contribution is 2.19. The van der Waals surface area contributed by atoms with Crippen LogP contribution in [0.4, 0.5) is 0 Å². The monoisotopic (exact) mass is 327 g/mol. The molecule has 0 bridgehead atoms. The van der Waals surface area contributed by atoms with Gasteiger partial charge in [-0.3, -0.25) is 0 Å². The first-order chi connectivity index (χ1) is 10.6. The molecule has 4 heteroatoms. The molecule has 0 saturated carbocycles. The van der Waals surface area contributed by atoms with E-state index < -0.39 is 12.1 Å². The summed E-state index contributed by atoms with van der Waals surface area (Å²) in [4.78, 5) is 16.3. The maximum atomic E-state index is 12.0. The predicted molar refractivity (Wildman–Crippen MR) is 97.8 cm³/mol. The number of terminal acetylenes is 1. The van der Waals surface area contributed by atoms with E-state index in [1.807, 2.05) is 18.2 Å². The first kappa shape index (κ1) is 18.8. The van der Waals surface area contributed by atoms with Crippen LogP contribution in [0.2, 0.25) is 0 Å². The summed E-state index contributed by atoms with van der Waals surface area (Å²) >= 11 is 0. The fourth-order valence-corrected chi connectivity index (χ4v) is 2.09. The molecule has 23 heavy (non-hydrogen) atoms. The van der Waals surface area contributed by atoms with Crippen molar-refractivity contribution in [2.75, 3.05) is 0 Å². The van der Waals surface area contributed by atoms with Crippen molar-refractivity contribution >= 4 is 19.5 Å². The van der Waals surface area contributed by atoms with Gasteiger partial charge in [0.25, 0.3) is 0 Å². The van der Waals surface area contributed by atoms with E-state index in [0.717, 1.165) is 24.1 Å². The van der Waals surface area contributed by atoms with Crippen LogP contribution in [0.1, 0.15) is 36.3 Å². The van der Waals surface area contributed by atoms with Gasteiger partial charge in [0.1, 0.15) is 5.69 Å². The molecule has 2 aromatic rings. The minimum atomic E-state index is -0.564. The van der Waals surface area contributed by atoms with E-state index in [2.05, 4.69) is 30.0 Å². The minimum absolute atomic E-state index is 0. The van der Waals surface area contributed by atoms with Crippen LogP contribution in [0.3, 0.4) is 0 Å². The molecule has 0 unspecified atom stereocenters. The molecule has 0 radical (unpaired) electrons. The molecular formula is C19H21NO2S. The Morgan fingerprint density at radius 2 is 1.96 bits per heavy atom. The van der Waals surface area contributed by atoms with Gasteiger partial charge in [-0.25, -0.2) is 9.78 Å². The summed E-state index contributed by atoms with van der Waals surface area (Å²) < 4.78 is 5.09. The van der Waals surface area contributed by atoms with Crippen LogP contribution < -0.4 is 0 Å². The van der Waals surface area contributed by atoms with Crippen molar-refractivity contribution < 1.29 is 9.53 Å². The minimum Gasteiger partial charge on any atom is -0.445 e. The topological polar surface area (TPSA) is 39.2 Å². The quantitative estimate of drug-likeness (QED) is 0.616. The number of carbonyl (C=O) groups is 1. The average Bonchev–Trinajstić information content (AvgIpc) is 2.56. The lowest BCUT2D eigenvalue weighted by Gasteiger charge is -2.08. The van der Waals surface area contributed by atoms with Crippen molar-refractivity contribution in [1.29, 1.82) is 0 Å². The van der Waals surface area contributed by atoms with Crippen LogP contribution in [0.5, 0.6) is 0 Å². The molecule has 0 amide bonds. The molecule has 1 atom stereocenters. The molecule has 0 aliphatic heterocycles. The van der Waals surface area contributed by atoms with Crippen molar-refractivity contribution in [1.82, 2.24) is 4.98 Å². The molecule has 0 N–H and O–H groups in total. The van der Waals surface area contributed by atoms with Crippen molar-refractivity contribution in [3.63, 3.8) is 0 Å². The molecular weight excluding hydrogens is 306 g/mol. The van der Waals surface area contributed by atoms with Crippen LogP contribution >= 0.6 is 13.5 Å². The molecule has 3 nitrogen and oxygen atoms in total. The zero-order chi connectivity index (χ0) is 15.9. The van der Waals surface area contributed by atoms with E-state index in [4.69, 9.17) is 11.2 Å². The van der Waals surface area contributed by atoms with Gasteiger partial charge in [-0.2, -0.15) is 13.5 Å². The van der Waals surface area contributed by atoms with Crippen molar-refractivity contribution in [3.05, 3.63) is 53.7 Å². The normalized spacial score (nSPS) is 11.0. The number of carbonyl (C=O) groups excluding carboxylic acids is 1. The average molecular weight is 327 g/mol. The first-order valence-corrected chi connectivity index (χ1v) is 7.37. The number of aryl methyl sites for hydroxylation is 1. The molecule has 1 aromatic heterocycles. The summed E-state index contributed by atoms with van der Waals surface area (Å²) in [6.45, 7) is 3.80. The summed E-state index contributed by atoms with van der Waals surface area (Å²) in [6.07, 6.45) is 6.82. The predicted octanol–water partition coefficient (Wildman–Crippen LogP) is 3.99. The van der Waals surface area contributed by atoms with Crippen molar-refractivity contribution in [2.45, 2.75) is 32.8 Å². The van der Waals surface area contributed by atoms with Crippen LogP contribution in [0, 0.1) is 12.3 Å². The lowest BCUT2D eigenvalue weighted by Crippen LogP contribution is -2.14. The third kappa shape index (κ3) is 5.15. The summed E-state index contributed by atoms with van der Waals surface area (Å²) in [5, 5.41) is 0. The Morgan fingerprint density at radius 1 is 1.26 bits per heavy atom. The summed E-state index contributed by atoms with van der Waals surface area (Å²) in [5.74, 6) is 1.85. The van der Waals surface area contributed by atoms with Crippen LogP contribution in [-0.4, -0.2) is 17.1 Å². The third-order valence-electron chi connectivity index (χ3n) is 3.27. The number of ether oxygens (including phenoxy) is 1. The number of hydrogen-bond acceptors (Lipinski definition) is 3. The summed E-state index contributed by atoms with van der Waals surface area (Å²) in [5.41, 5.74) is 3.27. The first-order valence-electron chi connectivity index (χ1n) is 7.37. The Bertz CT molecular complexity index is 689. The molecule has 0 aliphatic rings. The van der Waals surface area contributed by atoms with Gasteiger partial charge < -0.3 is 4.74 Å². The fourth-order valence-electron chi connectivity index (χ4n) is 2.09. The second-order valence-corrected chi connectivity index (χ2v) is 5.07. The molecule has 2 rings (SSSR count). The number of benzene rings is 1. The Balaban J connectivity index is 0.00000264. The number of pyridine rings is 1. The smallest absolute Gasteiger partial charge is 0.358 e. The number of aromatic nitrogens is 1. The Kier molecular flexibility index (Phi) is 7.37. The van der Waals surface area contributed by atoms with Gasteiger partial charge >= 0.3 is 5.97 Å². The van der Waals surface area contributed by atoms with Gasteiger partial charge in [-0.05, 0) is 31.0 Å². The van der Waals surface area contributed by atoms with Gasteiger partial charge in [-0.15, -0.1) is 6.42 Å². The largest absolute Gasteiger partial charge is 0.445 e. The Hall–Kier alpha value is -2.25. The standard InChI is InChI=1S/C19H19NO2.H2S/c1-4-7-15-10-12-16(13-11-15)17-8-6-9-18(20-17)19(21)22-14(3)5-2;/h2,6,8-14H,4,7H2,1,3H3;1H2/t14-;/m0./s1. The van der Waals surface area contributed by atoms with Crippen molar-refractivity contribution in [2.24, 2.45) is 0 Å². The van der Waals surface area contributed by atoms with E-state index in [1.54, 1.807) is 19.1 Å². The molecule has 120 valence electrons. The molecule has 0 aliphatic carbocycles. The zero-order valence-corrected chi connectivity index (χ0v) is 14.4. The van der Waals surface area contributed by atoms with Gasteiger partial charge in [0, 0.05) is 5.56 Å². The van der Waals surface area contributed by atoms with Crippen LogP contribution in [0.15, 0.2) is 42.5 Å². The third-order valence-corrected chi connectivity index (χ3v) is 3.27.